The van der Waals surface area contributed by atoms with Crippen LogP contribution >= 0.6 is 23.4 Å². The molecule has 2 aliphatic rings. The molecule has 9 heteroatoms. The van der Waals surface area contributed by atoms with Crippen molar-refractivity contribution in [3.05, 3.63) is 63.7 Å². The average Bonchev–Trinajstić information content (AvgIpc) is 3.16. The van der Waals surface area contributed by atoms with Crippen molar-refractivity contribution in [3.63, 3.8) is 0 Å². The highest BCUT2D eigenvalue weighted by Gasteiger charge is 2.61. The number of carbonyl (C=O) groups excluding carboxylic acids is 3. The van der Waals surface area contributed by atoms with Gasteiger partial charge in [0, 0.05) is 24.4 Å². The summed E-state index contributed by atoms with van der Waals surface area (Å²) in [6.07, 6.45) is 0. The van der Waals surface area contributed by atoms with E-state index in [9.17, 15) is 14.4 Å². The summed E-state index contributed by atoms with van der Waals surface area (Å²) in [6, 6.07) is 11.2. The maximum absolute atomic E-state index is 14.0. The molecule has 31 heavy (non-hydrogen) atoms. The summed E-state index contributed by atoms with van der Waals surface area (Å²) in [5.41, 5.74) is 4.06. The summed E-state index contributed by atoms with van der Waals surface area (Å²) < 4.78 is 0. The fourth-order valence-electron chi connectivity index (χ4n) is 4.09. The first kappa shape index (κ1) is 21.4. The Bertz CT molecular complexity index is 1170. The fourth-order valence-corrected chi connectivity index (χ4v) is 5.60. The van der Waals surface area contributed by atoms with Crippen molar-refractivity contribution in [1.29, 1.82) is 0 Å². The summed E-state index contributed by atoms with van der Waals surface area (Å²) in [7, 11) is 0. The Kier molecular flexibility index (Phi) is 5.31. The molecule has 2 aromatic rings. The van der Waals surface area contributed by atoms with Gasteiger partial charge >= 0.3 is 0 Å². The van der Waals surface area contributed by atoms with Gasteiger partial charge in [0.25, 0.3) is 5.91 Å². The Hall–Kier alpha value is -2.84. The van der Waals surface area contributed by atoms with Crippen molar-refractivity contribution in [3.8, 4) is 0 Å². The smallest absolute Gasteiger partial charge is 0.271 e. The number of benzene rings is 2. The van der Waals surface area contributed by atoms with E-state index >= 15 is 0 Å². The molecule has 0 saturated carbocycles. The normalized spacial score (nSPS) is 19.6. The lowest BCUT2D eigenvalue weighted by Gasteiger charge is -2.29. The predicted octanol–water partition coefficient (Wildman–Crippen LogP) is 3.66. The van der Waals surface area contributed by atoms with Crippen LogP contribution in [0.15, 0.2) is 41.5 Å². The maximum atomic E-state index is 14.0. The number of nitrogens with zero attached hydrogens (tertiary/aromatic N) is 3. The van der Waals surface area contributed by atoms with Crippen LogP contribution in [0.4, 0.5) is 5.69 Å². The largest absolute Gasteiger partial charge is 0.304 e. The van der Waals surface area contributed by atoms with Gasteiger partial charge in [-0.05, 0) is 42.8 Å². The molecule has 0 saturated heterocycles. The molecule has 0 aliphatic carbocycles. The Balaban J connectivity index is 1.89. The number of anilines is 1. The third-order valence-electron chi connectivity index (χ3n) is 5.22. The third kappa shape index (κ3) is 3.40. The average molecular weight is 457 g/mol. The highest BCUT2D eigenvalue weighted by Crippen LogP contribution is 2.56. The molecule has 7 nitrogen and oxygen atoms in total. The van der Waals surface area contributed by atoms with Crippen LogP contribution in [0.3, 0.4) is 0 Å². The summed E-state index contributed by atoms with van der Waals surface area (Å²) in [4.78, 5) is 38.5. The molecule has 0 aromatic heterocycles. The zero-order valence-corrected chi connectivity index (χ0v) is 19.1. The van der Waals surface area contributed by atoms with Gasteiger partial charge in [-0.3, -0.25) is 14.4 Å². The van der Waals surface area contributed by atoms with E-state index in [-0.39, 0.29) is 23.5 Å². The minimum atomic E-state index is -1.42. The molecule has 2 aliphatic heterocycles. The Morgan fingerprint density at radius 3 is 2.55 bits per heavy atom. The molecule has 0 radical (unpaired) electrons. The number of thioether (sulfide) groups is 1. The van der Waals surface area contributed by atoms with Gasteiger partial charge in [0.1, 0.15) is 0 Å². The number of halogens is 1. The standard InChI is InChI=1S/C22H21ClN4O3S/c1-12-9-13(2)19-17(10-12)22(27(15(4)29)25-21(31-22)24-14(3)28)20(30)26(19)11-16-7-5-6-8-18(16)23/h5-10H,11H2,1-4H3,(H,24,25,28)/t22-/m0/s1. The van der Waals surface area contributed by atoms with Crippen molar-refractivity contribution < 1.29 is 14.4 Å². The van der Waals surface area contributed by atoms with Gasteiger partial charge in [-0.1, -0.05) is 47.5 Å². The highest BCUT2D eigenvalue weighted by atomic mass is 35.5. The molecule has 160 valence electrons. The SMILES string of the molecule is CC(=O)NC1=NN(C(C)=O)[C@@]2(S1)C(=O)N(Cc1ccccc1Cl)c1c(C)cc(C)cc12. The van der Waals surface area contributed by atoms with Gasteiger partial charge in [0.05, 0.1) is 12.2 Å². The number of nitrogens with one attached hydrogen (secondary N) is 1. The quantitative estimate of drug-likeness (QED) is 0.747. The monoisotopic (exact) mass is 456 g/mol. The third-order valence-corrected chi connectivity index (χ3v) is 6.82. The van der Waals surface area contributed by atoms with E-state index in [1.165, 1.54) is 18.9 Å². The molecule has 0 fully saturated rings. The number of aryl methyl sites for hydroxylation is 2. The number of amidine groups is 1. The summed E-state index contributed by atoms with van der Waals surface area (Å²) in [5.74, 6) is -1.03. The first-order valence-corrected chi connectivity index (χ1v) is 10.9. The molecule has 0 bridgehead atoms. The van der Waals surface area contributed by atoms with Gasteiger partial charge < -0.3 is 10.2 Å². The molecule has 4 rings (SSSR count). The highest BCUT2D eigenvalue weighted by molar-refractivity contribution is 8.15. The van der Waals surface area contributed by atoms with Crippen LogP contribution in [0.5, 0.6) is 0 Å². The minimum absolute atomic E-state index is 0.209. The Morgan fingerprint density at radius 1 is 1.19 bits per heavy atom. The van der Waals surface area contributed by atoms with Crippen LogP contribution in [0.2, 0.25) is 5.02 Å². The molecule has 1 atom stereocenters. The molecular formula is C22H21ClN4O3S. The first-order chi connectivity index (χ1) is 14.6. The molecule has 1 N–H and O–H groups in total. The first-order valence-electron chi connectivity index (χ1n) is 9.68. The molecule has 1 spiro atoms. The molecule has 2 aromatic carbocycles. The Labute approximate surface area is 189 Å². The van der Waals surface area contributed by atoms with Gasteiger partial charge in [-0.2, -0.15) is 5.01 Å². The van der Waals surface area contributed by atoms with E-state index in [1.54, 1.807) is 11.0 Å². The number of carbonyl (C=O) groups is 3. The van der Waals surface area contributed by atoms with E-state index in [1.807, 2.05) is 44.2 Å². The van der Waals surface area contributed by atoms with Crippen LogP contribution < -0.4 is 10.2 Å². The predicted molar refractivity (Wildman–Crippen MR) is 122 cm³/mol. The number of amides is 3. The van der Waals surface area contributed by atoms with Gasteiger partial charge in [-0.25, -0.2) is 0 Å². The number of hydrogen-bond donors (Lipinski definition) is 1. The molecule has 3 amide bonds. The maximum Gasteiger partial charge on any atom is 0.271 e. The Morgan fingerprint density at radius 2 is 1.90 bits per heavy atom. The fraction of sp³-hybridized carbons (Fsp3) is 0.273. The summed E-state index contributed by atoms with van der Waals surface area (Å²) in [6.45, 7) is 6.84. The zero-order valence-electron chi connectivity index (χ0n) is 17.5. The van der Waals surface area contributed by atoms with Gasteiger partial charge in [-0.15, -0.1) is 5.10 Å². The van der Waals surface area contributed by atoms with Crippen molar-refractivity contribution in [2.45, 2.75) is 39.1 Å². The van der Waals surface area contributed by atoms with E-state index in [0.29, 0.717) is 10.6 Å². The van der Waals surface area contributed by atoms with E-state index in [2.05, 4.69) is 10.4 Å². The minimum Gasteiger partial charge on any atom is -0.304 e. The van der Waals surface area contributed by atoms with Crippen molar-refractivity contribution in [1.82, 2.24) is 10.3 Å². The lowest BCUT2D eigenvalue weighted by atomic mass is 10.0. The lowest BCUT2D eigenvalue weighted by molar-refractivity contribution is -0.139. The summed E-state index contributed by atoms with van der Waals surface area (Å²) >= 11 is 7.45. The number of hydrogen-bond acceptors (Lipinski definition) is 5. The molecule has 2 heterocycles. The number of rotatable bonds is 2. The van der Waals surface area contributed by atoms with Crippen LogP contribution in [-0.4, -0.2) is 27.9 Å². The number of fused-ring (bicyclic) bond motifs is 2. The molecular weight excluding hydrogens is 436 g/mol. The second-order valence-corrected chi connectivity index (χ2v) is 9.21. The topological polar surface area (TPSA) is 82.1 Å². The van der Waals surface area contributed by atoms with Crippen molar-refractivity contribution in [2.24, 2.45) is 5.10 Å². The second kappa shape index (κ2) is 7.69. The van der Waals surface area contributed by atoms with Crippen molar-refractivity contribution >= 4 is 51.9 Å². The van der Waals surface area contributed by atoms with Crippen LogP contribution in [0.1, 0.15) is 36.1 Å². The van der Waals surface area contributed by atoms with E-state index in [4.69, 9.17) is 11.6 Å². The van der Waals surface area contributed by atoms with Crippen LogP contribution in [0.25, 0.3) is 0 Å². The van der Waals surface area contributed by atoms with E-state index in [0.717, 1.165) is 34.1 Å². The summed E-state index contributed by atoms with van der Waals surface area (Å²) in [5, 5.41) is 8.85. The van der Waals surface area contributed by atoms with Gasteiger partial charge in [0.2, 0.25) is 16.7 Å². The van der Waals surface area contributed by atoms with Crippen molar-refractivity contribution in [2.75, 3.05) is 4.90 Å². The second-order valence-electron chi connectivity index (χ2n) is 7.62. The van der Waals surface area contributed by atoms with Gasteiger partial charge in [0.15, 0.2) is 5.17 Å². The van der Waals surface area contributed by atoms with Crippen LogP contribution in [-0.2, 0) is 25.8 Å². The zero-order chi connectivity index (χ0) is 22.5. The number of hydrazone groups is 1. The van der Waals surface area contributed by atoms with E-state index < -0.39 is 10.8 Å². The molecule has 0 unspecified atom stereocenters. The lowest BCUT2D eigenvalue weighted by Crippen LogP contribution is -2.48. The van der Waals surface area contributed by atoms with Crippen LogP contribution in [0, 0.1) is 13.8 Å².